The fraction of sp³-hybridized carbons (Fsp3) is 0.667. The average molecular weight is 289 g/mol. The Morgan fingerprint density at radius 1 is 1.19 bits per heavy atom. The molecule has 1 aliphatic carbocycles. The summed E-state index contributed by atoms with van der Waals surface area (Å²) in [7, 11) is 6.64. The van der Waals surface area contributed by atoms with Crippen LogP contribution < -0.4 is 5.73 Å². The molecular formula is C18H31N3. The van der Waals surface area contributed by atoms with Crippen LogP contribution in [-0.2, 0) is 0 Å². The second-order valence-electron chi connectivity index (χ2n) is 7.00. The summed E-state index contributed by atoms with van der Waals surface area (Å²) in [5.41, 5.74) is 10.5. The maximum Gasteiger partial charge on any atom is 0.0470 e. The minimum Gasteiger partial charge on any atom is -0.329 e. The predicted molar refractivity (Wildman–Crippen MR) is 90.6 cm³/mol. The van der Waals surface area contributed by atoms with Gasteiger partial charge in [-0.05, 0) is 65.4 Å². The van der Waals surface area contributed by atoms with Gasteiger partial charge in [0.15, 0.2) is 0 Å². The Morgan fingerprint density at radius 2 is 1.86 bits per heavy atom. The molecular weight excluding hydrogens is 258 g/mol. The lowest BCUT2D eigenvalue weighted by atomic mass is 9.75. The first-order valence-corrected chi connectivity index (χ1v) is 8.04. The van der Waals surface area contributed by atoms with Crippen molar-refractivity contribution in [2.75, 3.05) is 34.2 Å². The van der Waals surface area contributed by atoms with Gasteiger partial charge >= 0.3 is 0 Å². The zero-order chi connectivity index (χ0) is 15.6. The number of aryl methyl sites for hydroxylation is 2. The SMILES string of the molecule is Cc1ccc(C(CN)N(C)CC2(N(C)C)CCC2)c(C)c1. The van der Waals surface area contributed by atoms with Crippen LogP contribution in [0, 0.1) is 13.8 Å². The van der Waals surface area contributed by atoms with Gasteiger partial charge in [-0.2, -0.15) is 0 Å². The molecule has 0 aliphatic heterocycles. The van der Waals surface area contributed by atoms with E-state index in [4.69, 9.17) is 5.73 Å². The Hall–Kier alpha value is -0.900. The van der Waals surface area contributed by atoms with Crippen molar-refractivity contribution in [1.29, 1.82) is 0 Å². The average Bonchev–Trinajstić information content (AvgIpc) is 2.36. The van der Waals surface area contributed by atoms with Crippen molar-refractivity contribution in [1.82, 2.24) is 9.80 Å². The topological polar surface area (TPSA) is 32.5 Å². The number of likely N-dealkylation sites (N-methyl/N-ethyl adjacent to an activating group) is 2. The Bertz CT molecular complexity index is 477. The Morgan fingerprint density at radius 3 is 2.29 bits per heavy atom. The van der Waals surface area contributed by atoms with Gasteiger partial charge in [0.2, 0.25) is 0 Å². The first kappa shape index (κ1) is 16.5. The van der Waals surface area contributed by atoms with E-state index in [9.17, 15) is 0 Å². The quantitative estimate of drug-likeness (QED) is 0.874. The van der Waals surface area contributed by atoms with Gasteiger partial charge in [0.1, 0.15) is 0 Å². The fourth-order valence-electron chi connectivity index (χ4n) is 3.65. The highest BCUT2D eigenvalue weighted by Crippen LogP contribution is 2.38. The number of benzene rings is 1. The highest BCUT2D eigenvalue weighted by atomic mass is 15.2. The van der Waals surface area contributed by atoms with E-state index in [0.717, 1.165) is 6.54 Å². The lowest BCUT2D eigenvalue weighted by Crippen LogP contribution is -2.57. The zero-order valence-electron chi connectivity index (χ0n) is 14.3. The molecule has 1 fully saturated rings. The van der Waals surface area contributed by atoms with Crippen LogP contribution in [0.2, 0.25) is 0 Å². The molecule has 0 bridgehead atoms. The van der Waals surface area contributed by atoms with Gasteiger partial charge < -0.3 is 10.6 Å². The van der Waals surface area contributed by atoms with Gasteiger partial charge in [-0.3, -0.25) is 4.90 Å². The molecule has 1 aromatic carbocycles. The molecule has 1 aliphatic rings. The third kappa shape index (κ3) is 3.31. The molecule has 0 heterocycles. The number of rotatable bonds is 6. The standard InChI is InChI=1S/C18H31N3/c1-14-7-8-16(15(2)11-14)17(12-19)21(5)13-18(20(3)4)9-6-10-18/h7-8,11,17H,6,9-10,12-13,19H2,1-5H3. The van der Waals surface area contributed by atoms with Gasteiger partial charge in [0.25, 0.3) is 0 Å². The highest BCUT2D eigenvalue weighted by Gasteiger charge is 2.40. The van der Waals surface area contributed by atoms with Gasteiger partial charge in [-0.25, -0.2) is 0 Å². The molecule has 1 atom stereocenters. The normalized spacial score (nSPS) is 18.9. The van der Waals surface area contributed by atoms with Crippen LogP contribution in [0.5, 0.6) is 0 Å². The maximum atomic E-state index is 6.11. The summed E-state index contributed by atoms with van der Waals surface area (Å²) in [5.74, 6) is 0. The van der Waals surface area contributed by atoms with Gasteiger partial charge in [0.05, 0.1) is 0 Å². The number of nitrogens with zero attached hydrogens (tertiary/aromatic N) is 2. The van der Waals surface area contributed by atoms with E-state index in [1.54, 1.807) is 0 Å². The van der Waals surface area contributed by atoms with Gasteiger partial charge in [-0.1, -0.05) is 23.8 Å². The first-order valence-electron chi connectivity index (χ1n) is 8.04. The second kappa shape index (κ2) is 6.47. The summed E-state index contributed by atoms with van der Waals surface area (Å²) in [6, 6.07) is 7.02. The van der Waals surface area contributed by atoms with E-state index in [1.165, 1.54) is 36.0 Å². The van der Waals surface area contributed by atoms with Crippen molar-refractivity contribution in [3.8, 4) is 0 Å². The number of nitrogens with two attached hydrogens (primary N) is 1. The van der Waals surface area contributed by atoms with Crippen LogP contribution in [0.3, 0.4) is 0 Å². The third-order valence-corrected chi connectivity index (χ3v) is 5.32. The molecule has 0 spiro atoms. The molecule has 118 valence electrons. The molecule has 3 nitrogen and oxygen atoms in total. The summed E-state index contributed by atoms with van der Waals surface area (Å²) in [6.45, 7) is 6.11. The van der Waals surface area contributed by atoms with E-state index in [0.29, 0.717) is 18.1 Å². The zero-order valence-corrected chi connectivity index (χ0v) is 14.3. The second-order valence-corrected chi connectivity index (χ2v) is 7.00. The summed E-state index contributed by atoms with van der Waals surface area (Å²) >= 11 is 0. The third-order valence-electron chi connectivity index (χ3n) is 5.32. The van der Waals surface area contributed by atoms with Crippen molar-refractivity contribution in [3.05, 3.63) is 34.9 Å². The van der Waals surface area contributed by atoms with Crippen LogP contribution in [0.1, 0.15) is 42.0 Å². The monoisotopic (exact) mass is 289 g/mol. The highest BCUT2D eigenvalue weighted by molar-refractivity contribution is 5.33. The molecule has 21 heavy (non-hydrogen) atoms. The van der Waals surface area contributed by atoms with Gasteiger partial charge in [0, 0.05) is 24.7 Å². The van der Waals surface area contributed by atoms with Crippen molar-refractivity contribution in [2.45, 2.75) is 44.7 Å². The van der Waals surface area contributed by atoms with Crippen molar-refractivity contribution >= 4 is 0 Å². The number of hydrogen-bond acceptors (Lipinski definition) is 3. The minimum atomic E-state index is 0.308. The number of hydrogen-bond donors (Lipinski definition) is 1. The Balaban J connectivity index is 2.17. The largest absolute Gasteiger partial charge is 0.329 e. The van der Waals surface area contributed by atoms with Crippen LogP contribution in [-0.4, -0.2) is 49.6 Å². The summed E-state index contributed by atoms with van der Waals surface area (Å²) in [6.07, 6.45) is 3.95. The van der Waals surface area contributed by atoms with Crippen LogP contribution in [0.25, 0.3) is 0 Å². The summed E-state index contributed by atoms with van der Waals surface area (Å²) in [5, 5.41) is 0. The van der Waals surface area contributed by atoms with Crippen LogP contribution in [0.15, 0.2) is 18.2 Å². The fourth-order valence-corrected chi connectivity index (χ4v) is 3.65. The molecule has 0 radical (unpaired) electrons. The van der Waals surface area contributed by atoms with Crippen LogP contribution >= 0.6 is 0 Å². The molecule has 1 unspecified atom stereocenters. The Labute approximate surface area is 130 Å². The summed E-state index contributed by atoms with van der Waals surface area (Å²) < 4.78 is 0. The lowest BCUT2D eigenvalue weighted by Gasteiger charge is -2.50. The Kier molecular flexibility index (Phi) is 5.07. The van der Waals surface area contributed by atoms with E-state index >= 15 is 0 Å². The molecule has 2 rings (SSSR count). The minimum absolute atomic E-state index is 0.308. The van der Waals surface area contributed by atoms with Crippen molar-refractivity contribution in [2.24, 2.45) is 5.73 Å². The molecule has 3 heteroatoms. The van der Waals surface area contributed by atoms with E-state index in [-0.39, 0.29) is 0 Å². The van der Waals surface area contributed by atoms with E-state index in [2.05, 4.69) is 63.0 Å². The van der Waals surface area contributed by atoms with E-state index < -0.39 is 0 Å². The summed E-state index contributed by atoms with van der Waals surface area (Å²) in [4.78, 5) is 4.86. The molecule has 1 saturated carbocycles. The van der Waals surface area contributed by atoms with Crippen molar-refractivity contribution in [3.63, 3.8) is 0 Å². The predicted octanol–water partition coefficient (Wildman–Crippen LogP) is 2.72. The van der Waals surface area contributed by atoms with E-state index in [1.807, 2.05) is 0 Å². The molecule has 1 aromatic rings. The van der Waals surface area contributed by atoms with Gasteiger partial charge in [-0.15, -0.1) is 0 Å². The first-order chi connectivity index (χ1) is 9.89. The molecule has 0 aromatic heterocycles. The molecule has 2 N–H and O–H groups in total. The lowest BCUT2D eigenvalue weighted by molar-refractivity contribution is 0.0167. The maximum absolute atomic E-state index is 6.11. The van der Waals surface area contributed by atoms with Crippen LogP contribution in [0.4, 0.5) is 0 Å². The molecule has 0 amide bonds. The van der Waals surface area contributed by atoms with Crippen molar-refractivity contribution < 1.29 is 0 Å². The smallest absolute Gasteiger partial charge is 0.0470 e. The molecule has 0 saturated heterocycles.